The number of carbonyl (C=O) groups is 2. The molecule has 128 valence electrons. The van der Waals surface area contributed by atoms with Crippen molar-refractivity contribution in [3.63, 3.8) is 0 Å². The van der Waals surface area contributed by atoms with E-state index in [0.717, 1.165) is 32.1 Å². The summed E-state index contributed by atoms with van der Waals surface area (Å²) in [5.41, 5.74) is 0. The summed E-state index contributed by atoms with van der Waals surface area (Å²) in [7, 11) is 0. The summed E-state index contributed by atoms with van der Waals surface area (Å²) < 4.78 is 10.6. The van der Waals surface area contributed by atoms with Crippen LogP contribution in [0.25, 0.3) is 0 Å². The van der Waals surface area contributed by atoms with Crippen LogP contribution in [-0.4, -0.2) is 36.7 Å². The largest absolute Gasteiger partial charge is 0.451 e. The van der Waals surface area contributed by atoms with Crippen LogP contribution in [-0.2, 0) is 19.1 Å². The van der Waals surface area contributed by atoms with E-state index in [2.05, 4.69) is 19.2 Å². The van der Waals surface area contributed by atoms with E-state index in [1.165, 1.54) is 6.42 Å². The Morgan fingerprint density at radius 2 is 1.68 bits per heavy atom. The third-order valence-corrected chi connectivity index (χ3v) is 4.01. The Hall–Kier alpha value is -1.10. The van der Waals surface area contributed by atoms with Crippen molar-refractivity contribution >= 4 is 11.9 Å². The number of rotatable bonds is 8. The maximum Gasteiger partial charge on any atom is 0.335 e. The summed E-state index contributed by atoms with van der Waals surface area (Å²) in [6.07, 6.45) is 5.06. The molecule has 0 spiro atoms. The molecule has 1 aliphatic carbocycles. The summed E-state index contributed by atoms with van der Waals surface area (Å²) in [6.45, 7) is 8.00. The van der Waals surface area contributed by atoms with Gasteiger partial charge in [0.25, 0.3) is 5.91 Å². The quantitative estimate of drug-likeness (QED) is 0.700. The molecule has 5 heteroatoms. The van der Waals surface area contributed by atoms with Gasteiger partial charge in [0.1, 0.15) is 0 Å². The van der Waals surface area contributed by atoms with E-state index in [4.69, 9.17) is 9.47 Å². The molecule has 0 bridgehead atoms. The standard InChI is InChI=1S/C17H31NO4/c1-12(2)10-11-21-14(4)17(20)22-13(3)16(19)18-15-8-6-5-7-9-15/h12-15H,5-11H2,1-4H3,(H,18,19). The number of carbonyl (C=O) groups excluding carboxylic acids is 2. The van der Waals surface area contributed by atoms with Crippen LogP contribution >= 0.6 is 0 Å². The molecule has 1 aliphatic rings. The summed E-state index contributed by atoms with van der Waals surface area (Å²) in [6, 6.07) is 0.224. The minimum atomic E-state index is -0.773. The van der Waals surface area contributed by atoms with Gasteiger partial charge < -0.3 is 14.8 Å². The Bertz CT molecular complexity index is 351. The molecule has 2 atom stereocenters. The molecule has 0 heterocycles. The van der Waals surface area contributed by atoms with Gasteiger partial charge in [0, 0.05) is 12.6 Å². The topological polar surface area (TPSA) is 64.6 Å². The van der Waals surface area contributed by atoms with Crippen LogP contribution < -0.4 is 5.32 Å². The Morgan fingerprint density at radius 1 is 1.05 bits per heavy atom. The highest BCUT2D eigenvalue weighted by atomic mass is 16.6. The highest BCUT2D eigenvalue weighted by Gasteiger charge is 2.24. The zero-order valence-corrected chi connectivity index (χ0v) is 14.4. The van der Waals surface area contributed by atoms with Crippen LogP contribution in [0.5, 0.6) is 0 Å². The van der Waals surface area contributed by atoms with Crippen molar-refractivity contribution in [2.24, 2.45) is 5.92 Å². The fourth-order valence-electron chi connectivity index (χ4n) is 2.44. The highest BCUT2D eigenvalue weighted by Crippen LogP contribution is 2.17. The lowest BCUT2D eigenvalue weighted by molar-refractivity contribution is -0.165. The average molecular weight is 313 g/mol. The van der Waals surface area contributed by atoms with Gasteiger partial charge in [-0.1, -0.05) is 33.1 Å². The molecule has 1 N–H and O–H groups in total. The number of hydrogen-bond donors (Lipinski definition) is 1. The first-order chi connectivity index (χ1) is 10.4. The number of esters is 1. The predicted molar refractivity (Wildman–Crippen MR) is 85.4 cm³/mol. The Labute approximate surface area is 134 Å². The van der Waals surface area contributed by atoms with Gasteiger partial charge in [-0.3, -0.25) is 4.79 Å². The Balaban J connectivity index is 2.27. The summed E-state index contributed by atoms with van der Waals surface area (Å²) in [5, 5.41) is 2.96. The number of nitrogens with one attached hydrogen (secondary N) is 1. The highest BCUT2D eigenvalue weighted by molar-refractivity contribution is 5.84. The molecule has 22 heavy (non-hydrogen) atoms. The minimum Gasteiger partial charge on any atom is -0.451 e. The molecule has 0 aromatic heterocycles. The van der Waals surface area contributed by atoms with E-state index in [9.17, 15) is 9.59 Å². The van der Waals surface area contributed by atoms with Crippen LogP contribution in [0.1, 0.15) is 66.2 Å². The lowest BCUT2D eigenvalue weighted by Crippen LogP contribution is -2.43. The van der Waals surface area contributed by atoms with Crippen LogP contribution in [0.2, 0.25) is 0 Å². The Kier molecular flexibility index (Phi) is 8.46. The smallest absolute Gasteiger partial charge is 0.335 e. The zero-order chi connectivity index (χ0) is 16.5. The number of amides is 1. The van der Waals surface area contributed by atoms with Crippen molar-refractivity contribution < 1.29 is 19.1 Å². The van der Waals surface area contributed by atoms with E-state index in [-0.39, 0.29) is 11.9 Å². The third-order valence-electron chi connectivity index (χ3n) is 4.01. The molecule has 0 radical (unpaired) electrons. The molecular weight excluding hydrogens is 282 g/mol. The maximum absolute atomic E-state index is 12.0. The van der Waals surface area contributed by atoms with Crippen molar-refractivity contribution in [3.05, 3.63) is 0 Å². The summed E-state index contributed by atoms with van der Waals surface area (Å²) in [5.74, 6) is -0.159. The zero-order valence-electron chi connectivity index (χ0n) is 14.4. The molecule has 0 aromatic rings. The fourth-order valence-corrected chi connectivity index (χ4v) is 2.44. The van der Waals surface area contributed by atoms with E-state index in [0.29, 0.717) is 12.5 Å². The lowest BCUT2D eigenvalue weighted by atomic mass is 9.95. The molecule has 0 aromatic carbocycles. The van der Waals surface area contributed by atoms with Gasteiger partial charge in [0.05, 0.1) is 0 Å². The van der Waals surface area contributed by atoms with Crippen molar-refractivity contribution in [1.29, 1.82) is 0 Å². The van der Waals surface area contributed by atoms with E-state index in [1.54, 1.807) is 13.8 Å². The van der Waals surface area contributed by atoms with Gasteiger partial charge in [0.2, 0.25) is 0 Å². The molecule has 1 rings (SSSR count). The van der Waals surface area contributed by atoms with Crippen LogP contribution in [0, 0.1) is 5.92 Å². The summed E-state index contributed by atoms with van der Waals surface area (Å²) in [4.78, 5) is 23.9. The molecule has 0 saturated heterocycles. The van der Waals surface area contributed by atoms with Crippen LogP contribution in [0.3, 0.4) is 0 Å². The van der Waals surface area contributed by atoms with Crippen molar-refractivity contribution in [2.45, 2.75) is 84.5 Å². The second-order valence-electron chi connectivity index (χ2n) is 6.62. The van der Waals surface area contributed by atoms with Crippen molar-refractivity contribution in [1.82, 2.24) is 5.32 Å². The lowest BCUT2D eigenvalue weighted by Gasteiger charge is -2.24. The number of hydrogen-bond acceptors (Lipinski definition) is 4. The van der Waals surface area contributed by atoms with Crippen LogP contribution in [0.15, 0.2) is 0 Å². The van der Waals surface area contributed by atoms with Gasteiger partial charge in [-0.15, -0.1) is 0 Å². The average Bonchev–Trinajstić information content (AvgIpc) is 2.47. The first-order valence-corrected chi connectivity index (χ1v) is 8.52. The van der Waals surface area contributed by atoms with Crippen molar-refractivity contribution in [3.8, 4) is 0 Å². The van der Waals surface area contributed by atoms with E-state index in [1.807, 2.05) is 0 Å². The second kappa shape index (κ2) is 9.82. The summed E-state index contributed by atoms with van der Waals surface area (Å²) >= 11 is 0. The second-order valence-corrected chi connectivity index (χ2v) is 6.62. The monoisotopic (exact) mass is 313 g/mol. The van der Waals surface area contributed by atoms with E-state index < -0.39 is 18.2 Å². The minimum absolute atomic E-state index is 0.213. The van der Waals surface area contributed by atoms with Gasteiger partial charge in [-0.25, -0.2) is 4.79 Å². The predicted octanol–water partition coefficient (Wildman–Crippen LogP) is 2.82. The van der Waals surface area contributed by atoms with Gasteiger partial charge >= 0.3 is 5.97 Å². The molecule has 1 amide bonds. The maximum atomic E-state index is 12.0. The van der Waals surface area contributed by atoms with E-state index >= 15 is 0 Å². The Morgan fingerprint density at radius 3 is 2.27 bits per heavy atom. The first kappa shape index (κ1) is 18.9. The first-order valence-electron chi connectivity index (χ1n) is 8.52. The molecule has 1 saturated carbocycles. The van der Waals surface area contributed by atoms with Crippen LogP contribution in [0.4, 0.5) is 0 Å². The molecule has 0 aliphatic heterocycles. The fraction of sp³-hybridized carbons (Fsp3) is 0.882. The molecule has 2 unspecified atom stereocenters. The van der Waals surface area contributed by atoms with Gasteiger partial charge in [0.15, 0.2) is 12.2 Å². The molecule has 5 nitrogen and oxygen atoms in total. The normalized spacial score (nSPS) is 18.8. The molecular formula is C17H31NO4. The van der Waals surface area contributed by atoms with Gasteiger partial charge in [-0.05, 0) is 39.0 Å². The SMILES string of the molecule is CC(C)CCOC(C)C(=O)OC(C)C(=O)NC1CCCCC1. The molecule has 1 fully saturated rings. The van der Waals surface area contributed by atoms with Gasteiger partial charge in [-0.2, -0.15) is 0 Å². The number of ether oxygens (including phenoxy) is 2. The van der Waals surface area contributed by atoms with Crippen molar-refractivity contribution in [2.75, 3.05) is 6.61 Å². The third kappa shape index (κ3) is 7.25.